The van der Waals surface area contributed by atoms with E-state index in [2.05, 4.69) is 0 Å². The van der Waals surface area contributed by atoms with Crippen molar-refractivity contribution in [3.63, 3.8) is 0 Å². The number of aromatic carboxylic acids is 1. The number of carboxylic acids is 1. The molecule has 1 fully saturated rings. The molecule has 0 amide bonds. The van der Waals surface area contributed by atoms with Gasteiger partial charge in [0, 0.05) is 12.7 Å². The molecule has 0 unspecified atom stereocenters. The van der Waals surface area contributed by atoms with Gasteiger partial charge < -0.3 is 9.67 Å². The lowest BCUT2D eigenvalue weighted by molar-refractivity contribution is 0.0686. The van der Waals surface area contributed by atoms with Gasteiger partial charge in [0.25, 0.3) is 0 Å². The van der Waals surface area contributed by atoms with Gasteiger partial charge in [-0.25, -0.2) is 4.79 Å². The zero-order valence-electron chi connectivity index (χ0n) is 8.36. The Kier molecular flexibility index (Phi) is 2.32. The Bertz CT molecular complexity index is 350. The molecule has 1 aliphatic carbocycles. The summed E-state index contributed by atoms with van der Waals surface area (Å²) in [6.45, 7) is 0. The maximum absolute atomic E-state index is 10.8. The van der Waals surface area contributed by atoms with Crippen LogP contribution in [0, 0.1) is 5.92 Å². The molecule has 1 aromatic heterocycles. The van der Waals surface area contributed by atoms with Gasteiger partial charge in [-0.05, 0) is 24.5 Å². The minimum atomic E-state index is -0.840. The van der Waals surface area contributed by atoms with E-state index in [9.17, 15) is 4.79 Å². The van der Waals surface area contributed by atoms with Crippen LogP contribution in [0.3, 0.4) is 0 Å². The number of rotatable bonds is 3. The van der Waals surface area contributed by atoms with Crippen molar-refractivity contribution in [1.29, 1.82) is 0 Å². The van der Waals surface area contributed by atoms with Crippen LogP contribution in [0.25, 0.3) is 0 Å². The average Bonchev–Trinajstić information content (AvgIpc) is 2.40. The van der Waals surface area contributed by atoms with Crippen molar-refractivity contribution in [2.75, 3.05) is 0 Å². The highest BCUT2D eigenvalue weighted by Gasteiger charge is 2.20. The Hall–Kier alpha value is -1.25. The number of carboxylic acid groups (broad SMARTS) is 1. The van der Waals surface area contributed by atoms with Gasteiger partial charge in [0.05, 0.1) is 0 Å². The van der Waals surface area contributed by atoms with Gasteiger partial charge in [-0.1, -0.05) is 19.3 Å². The van der Waals surface area contributed by atoms with Crippen molar-refractivity contribution in [2.45, 2.75) is 25.7 Å². The van der Waals surface area contributed by atoms with E-state index in [0.717, 1.165) is 18.0 Å². The molecular formula is C11H15NO2. The topological polar surface area (TPSA) is 42.2 Å². The van der Waals surface area contributed by atoms with Gasteiger partial charge in [0.15, 0.2) is 0 Å². The fourth-order valence-corrected chi connectivity index (χ4v) is 1.97. The second kappa shape index (κ2) is 3.48. The van der Waals surface area contributed by atoms with Crippen molar-refractivity contribution in [3.8, 4) is 0 Å². The van der Waals surface area contributed by atoms with Crippen molar-refractivity contribution in [1.82, 2.24) is 4.57 Å². The molecule has 1 saturated carbocycles. The summed E-state index contributed by atoms with van der Waals surface area (Å²) in [6, 6.07) is 3.62. The molecule has 2 rings (SSSR count). The molecular weight excluding hydrogens is 178 g/mol. The van der Waals surface area contributed by atoms with Gasteiger partial charge in [-0.2, -0.15) is 0 Å². The fourth-order valence-electron chi connectivity index (χ4n) is 1.97. The largest absolute Gasteiger partial charge is 0.477 e. The zero-order valence-corrected chi connectivity index (χ0v) is 8.36. The number of nitrogens with zero attached hydrogens (tertiary/aromatic N) is 1. The Labute approximate surface area is 83.4 Å². The van der Waals surface area contributed by atoms with Gasteiger partial charge in [0.2, 0.25) is 0 Å². The zero-order chi connectivity index (χ0) is 10.1. The summed E-state index contributed by atoms with van der Waals surface area (Å²) >= 11 is 0. The van der Waals surface area contributed by atoms with Gasteiger partial charge >= 0.3 is 5.97 Å². The third-order valence-electron chi connectivity index (χ3n) is 3.17. The third kappa shape index (κ3) is 1.54. The normalized spacial score (nSPS) is 16.6. The first kappa shape index (κ1) is 9.31. The summed E-state index contributed by atoms with van der Waals surface area (Å²) in [5.41, 5.74) is 1.53. The molecule has 1 N–H and O–H groups in total. The number of carbonyl (C=O) groups is 1. The summed E-state index contributed by atoms with van der Waals surface area (Å²) in [6.07, 6.45) is 4.96. The Balaban J connectivity index is 2.13. The molecule has 3 nitrogen and oxygen atoms in total. The highest BCUT2D eigenvalue weighted by atomic mass is 16.4. The van der Waals surface area contributed by atoms with E-state index in [1.165, 1.54) is 19.3 Å². The number of hydrogen-bond acceptors (Lipinski definition) is 1. The van der Waals surface area contributed by atoms with Crippen LogP contribution >= 0.6 is 0 Å². The summed E-state index contributed by atoms with van der Waals surface area (Å²) in [7, 11) is 1.83. The van der Waals surface area contributed by atoms with Crippen LogP contribution < -0.4 is 0 Å². The molecule has 3 heteroatoms. The molecule has 0 spiro atoms. The van der Waals surface area contributed by atoms with Gasteiger partial charge in [0.1, 0.15) is 5.69 Å². The van der Waals surface area contributed by atoms with Crippen molar-refractivity contribution < 1.29 is 9.90 Å². The molecule has 0 saturated heterocycles. The summed E-state index contributed by atoms with van der Waals surface area (Å²) < 4.78 is 1.79. The highest BCUT2D eigenvalue weighted by molar-refractivity contribution is 5.86. The maximum Gasteiger partial charge on any atom is 0.352 e. The first-order valence-electron chi connectivity index (χ1n) is 5.06. The molecule has 0 radical (unpaired) electrons. The van der Waals surface area contributed by atoms with E-state index in [1.54, 1.807) is 10.6 Å². The van der Waals surface area contributed by atoms with E-state index in [4.69, 9.17) is 5.11 Å². The van der Waals surface area contributed by atoms with Crippen LogP contribution in [-0.2, 0) is 13.5 Å². The van der Waals surface area contributed by atoms with Gasteiger partial charge in [-0.3, -0.25) is 0 Å². The smallest absolute Gasteiger partial charge is 0.352 e. The lowest BCUT2D eigenvalue weighted by atomic mass is 9.82. The van der Waals surface area contributed by atoms with Crippen LogP contribution in [0.5, 0.6) is 0 Å². The first-order valence-corrected chi connectivity index (χ1v) is 5.06. The quantitative estimate of drug-likeness (QED) is 0.798. The number of hydrogen-bond donors (Lipinski definition) is 1. The van der Waals surface area contributed by atoms with E-state index in [-0.39, 0.29) is 0 Å². The summed E-state index contributed by atoms with van der Waals surface area (Å²) in [5.74, 6) is -0.0578. The van der Waals surface area contributed by atoms with Crippen molar-refractivity contribution in [2.24, 2.45) is 13.0 Å². The van der Waals surface area contributed by atoms with E-state index in [0.29, 0.717) is 5.69 Å². The predicted molar refractivity (Wildman–Crippen MR) is 53.4 cm³/mol. The van der Waals surface area contributed by atoms with Crippen LogP contribution in [-0.4, -0.2) is 15.6 Å². The number of aromatic nitrogens is 1. The average molecular weight is 193 g/mol. The van der Waals surface area contributed by atoms with Gasteiger partial charge in [-0.15, -0.1) is 0 Å². The molecule has 0 aliphatic heterocycles. The molecule has 0 aromatic carbocycles. The highest BCUT2D eigenvalue weighted by Crippen LogP contribution is 2.30. The van der Waals surface area contributed by atoms with E-state index in [1.807, 2.05) is 13.1 Å². The molecule has 1 heterocycles. The predicted octanol–water partition coefficient (Wildman–Crippen LogP) is 2.07. The first-order chi connectivity index (χ1) is 6.68. The van der Waals surface area contributed by atoms with E-state index < -0.39 is 5.97 Å². The SMILES string of the molecule is Cn1c(CC2CCC2)ccc1C(=O)O. The summed E-state index contributed by atoms with van der Waals surface area (Å²) in [4.78, 5) is 10.8. The molecule has 76 valence electrons. The van der Waals surface area contributed by atoms with Crippen molar-refractivity contribution >= 4 is 5.97 Å². The molecule has 1 aromatic rings. The maximum atomic E-state index is 10.8. The van der Waals surface area contributed by atoms with E-state index >= 15 is 0 Å². The second-order valence-electron chi connectivity index (χ2n) is 4.08. The van der Waals surface area contributed by atoms with Crippen LogP contribution in [0.2, 0.25) is 0 Å². The standard InChI is InChI=1S/C11H15NO2/c1-12-9(7-8-3-2-4-8)5-6-10(12)11(13)14/h5-6,8H,2-4,7H2,1H3,(H,13,14). The minimum Gasteiger partial charge on any atom is -0.477 e. The Morgan fingerprint density at radius 2 is 2.29 bits per heavy atom. The molecule has 1 aliphatic rings. The minimum absolute atomic E-state index is 0.388. The molecule has 0 bridgehead atoms. The third-order valence-corrected chi connectivity index (χ3v) is 3.17. The van der Waals surface area contributed by atoms with Crippen LogP contribution in [0.1, 0.15) is 35.4 Å². The van der Waals surface area contributed by atoms with Crippen LogP contribution in [0.4, 0.5) is 0 Å². The lowest BCUT2D eigenvalue weighted by Gasteiger charge is -2.25. The Morgan fingerprint density at radius 1 is 1.57 bits per heavy atom. The summed E-state index contributed by atoms with van der Waals surface area (Å²) in [5, 5.41) is 8.86. The monoisotopic (exact) mass is 193 g/mol. The second-order valence-corrected chi connectivity index (χ2v) is 4.08. The Morgan fingerprint density at radius 3 is 2.71 bits per heavy atom. The molecule has 0 atom stereocenters. The lowest BCUT2D eigenvalue weighted by Crippen LogP contribution is -2.16. The van der Waals surface area contributed by atoms with Crippen LogP contribution in [0.15, 0.2) is 12.1 Å². The fraction of sp³-hybridized carbons (Fsp3) is 0.545. The molecule has 14 heavy (non-hydrogen) atoms. The van der Waals surface area contributed by atoms with Crippen molar-refractivity contribution in [3.05, 3.63) is 23.5 Å².